The Balaban J connectivity index is 1.78. The molecule has 0 aromatic heterocycles. The number of carbonyl (C=O) groups excluding carboxylic acids is 3. The molecular formula is C25H32N4O5. The summed E-state index contributed by atoms with van der Waals surface area (Å²) in [4.78, 5) is 55.4. The minimum Gasteiger partial charge on any atom is -0.363 e. The summed E-state index contributed by atoms with van der Waals surface area (Å²) in [5.41, 5.74) is -1.34. The molecule has 0 unspecified atom stereocenters. The van der Waals surface area contributed by atoms with Crippen molar-refractivity contribution in [3.8, 4) is 0 Å². The van der Waals surface area contributed by atoms with Crippen molar-refractivity contribution in [3.05, 3.63) is 33.9 Å². The molecule has 4 aliphatic rings. The van der Waals surface area contributed by atoms with Gasteiger partial charge in [0.05, 0.1) is 11.0 Å². The number of benzene rings is 1. The quantitative estimate of drug-likeness (QED) is 0.381. The van der Waals surface area contributed by atoms with Gasteiger partial charge in [0.2, 0.25) is 11.8 Å². The van der Waals surface area contributed by atoms with Crippen LogP contribution in [0.4, 0.5) is 16.2 Å². The number of hydrogen-bond acceptors (Lipinski definition) is 6. The first-order chi connectivity index (χ1) is 15.6. The van der Waals surface area contributed by atoms with Gasteiger partial charge < -0.3 is 4.90 Å². The molecule has 9 heteroatoms. The Labute approximate surface area is 199 Å². The molecule has 2 saturated heterocycles. The van der Waals surface area contributed by atoms with E-state index in [4.69, 9.17) is 0 Å². The number of amides is 4. The lowest BCUT2D eigenvalue weighted by molar-refractivity contribution is -0.384. The molecule has 3 heterocycles. The van der Waals surface area contributed by atoms with Gasteiger partial charge in [-0.2, -0.15) is 0 Å². The first-order valence-electron chi connectivity index (χ1n) is 11.9. The zero-order valence-electron chi connectivity index (χ0n) is 20.6. The molecule has 182 valence electrons. The summed E-state index contributed by atoms with van der Waals surface area (Å²) in [7, 11) is 0. The van der Waals surface area contributed by atoms with Gasteiger partial charge >= 0.3 is 6.03 Å². The van der Waals surface area contributed by atoms with E-state index in [1.807, 2.05) is 0 Å². The molecule has 3 fully saturated rings. The summed E-state index contributed by atoms with van der Waals surface area (Å²) < 4.78 is 0. The molecule has 3 aliphatic heterocycles. The molecule has 5 rings (SSSR count). The van der Waals surface area contributed by atoms with Gasteiger partial charge in [-0.25, -0.2) is 4.79 Å². The third-order valence-corrected chi connectivity index (χ3v) is 8.28. The molecule has 1 saturated carbocycles. The Morgan fingerprint density at radius 1 is 1.12 bits per heavy atom. The average Bonchev–Trinajstić information content (AvgIpc) is 2.90. The van der Waals surface area contributed by atoms with Crippen molar-refractivity contribution in [2.75, 3.05) is 4.90 Å². The van der Waals surface area contributed by atoms with Gasteiger partial charge in [0.15, 0.2) is 5.41 Å². The van der Waals surface area contributed by atoms with Crippen LogP contribution in [0.1, 0.15) is 66.4 Å². The second-order valence-electron chi connectivity index (χ2n) is 12.7. The molecule has 1 aliphatic carbocycles. The van der Waals surface area contributed by atoms with E-state index in [2.05, 4.69) is 31.0 Å². The van der Waals surface area contributed by atoms with E-state index in [1.54, 1.807) is 26.8 Å². The number of fused-ring (bicyclic) bond motifs is 8. The third-order valence-electron chi connectivity index (χ3n) is 8.28. The van der Waals surface area contributed by atoms with Crippen LogP contribution < -0.4 is 10.2 Å². The van der Waals surface area contributed by atoms with E-state index < -0.39 is 39.8 Å². The van der Waals surface area contributed by atoms with E-state index in [0.29, 0.717) is 5.56 Å². The SMILES string of the molecule is CC1(C)C[C@H]2C[C@@](C)(C1)[C@@H]1N2c2ccc([N+](=O)[O-])cc2C[C@@]12C(=O)NC(=O)N(C(C)(C)C)C2=O. The summed E-state index contributed by atoms with van der Waals surface area (Å²) in [6, 6.07) is 3.68. The van der Waals surface area contributed by atoms with Crippen molar-refractivity contribution >= 4 is 29.2 Å². The maximum atomic E-state index is 14.3. The number of non-ortho nitro benzene ring substituents is 1. The van der Waals surface area contributed by atoms with Gasteiger partial charge in [0.1, 0.15) is 0 Å². The van der Waals surface area contributed by atoms with E-state index in [9.17, 15) is 24.5 Å². The van der Waals surface area contributed by atoms with Crippen LogP contribution in [0.2, 0.25) is 0 Å². The minimum atomic E-state index is -1.55. The summed E-state index contributed by atoms with van der Waals surface area (Å²) in [5, 5.41) is 14.0. The molecule has 1 N–H and O–H groups in total. The monoisotopic (exact) mass is 468 g/mol. The number of nitro benzene ring substituents is 1. The first-order valence-corrected chi connectivity index (χ1v) is 11.9. The number of nitrogens with one attached hydrogen (secondary N) is 1. The maximum absolute atomic E-state index is 14.3. The third kappa shape index (κ3) is 2.88. The molecule has 2 bridgehead atoms. The molecule has 34 heavy (non-hydrogen) atoms. The van der Waals surface area contributed by atoms with Crippen LogP contribution in [0.25, 0.3) is 0 Å². The van der Waals surface area contributed by atoms with E-state index >= 15 is 0 Å². The average molecular weight is 469 g/mol. The highest BCUT2D eigenvalue weighted by molar-refractivity contribution is 6.21. The molecule has 4 amide bonds. The van der Waals surface area contributed by atoms with Crippen molar-refractivity contribution in [2.45, 2.75) is 84.8 Å². The number of carbonyl (C=O) groups is 3. The van der Waals surface area contributed by atoms with E-state index in [0.717, 1.165) is 24.9 Å². The highest BCUT2D eigenvalue weighted by Gasteiger charge is 2.71. The zero-order valence-corrected chi connectivity index (χ0v) is 20.6. The Hall–Kier alpha value is -2.97. The van der Waals surface area contributed by atoms with Crippen molar-refractivity contribution < 1.29 is 19.3 Å². The minimum absolute atomic E-state index is 0.00482. The smallest absolute Gasteiger partial charge is 0.331 e. The Kier molecular flexibility index (Phi) is 4.41. The molecule has 1 spiro atoms. The fourth-order valence-electron chi connectivity index (χ4n) is 7.74. The molecule has 0 radical (unpaired) electrons. The number of nitro groups is 1. The predicted molar refractivity (Wildman–Crippen MR) is 125 cm³/mol. The second-order valence-corrected chi connectivity index (χ2v) is 12.7. The van der Waals surface area contributed by atoms with Gasteiger partial charge in [-0.15, -0.1) is 0 Å². The van der Waals surface area contributed by atoms with Gasteiger partial charge in [0.25, 0.3) is 5.69 Å². The Morgan fingerprint density at radius 2 is 1.79 bits per heavy atom. The summed E-state index contributed by atoms with van der Waals surface area (Å²) in [6.45, 7) is 11.9. The molecule has 1 aromatic carbocycles. The number of urea groups is 1. The Morgan fingerprint density at radius 3 is 2.41 bits per heavy atom. The summed E-state index contributed by atoms with van der Waals surface area (Å²) in [6.07, 6.45) is 2.58. The normalized spacial score (nSPS) is 34.1. The highest BCUT2D eigenvalue weighted by Crippen LogP contribution is 2.64. The van der Waals surface area contributed by atoms with Gasteiger partial charge in [-0.1, -0.05) is 20.8 Å². The number of barbiturate groups is 1. The van der Waals surface area contributed by atoms with Crippen LogP contribution in [-0.2, 0) is 16.0 Å². The van der Waals surface area contributed by atoms with Crippen molar-refractivity contribution in [1.82, 2.24) is 10.2 Å². The van der Waals surface area contributed by atoms with Crippen LogP contribution in [0, 0.1) is 26.4 Å². The van der Waals surface area contributed by atoms with Gasteiger partial charge in [0, 0.05) is 35.8 Å². The van der Waals surface area contributed by atoms with Crippen molar-refractivity contribution in [3.63, 3.8) is 0 Å². The topological polar surface area (TPSA) is 113 Å². The lowest BCUT2D eigenvalue weighted by Gasteiger charge is -2.55. The predicted octanol–water partition coefficient (Wildman–Crippen LogP) is 3.79. The lowest BCUT2D eigenvalue weighted by atomic mass is 9.56. The molecule has 9 nitrogen and oxygen atoms in total. The summed E-state index contributed by atoms with van der Waals surface area (Å²) >= 11 is 0. The Bertz CT molecular complexity index is 1150. The van der Waals surface area contributed by atoms with Crippen molar-refractivity contribution in [1.29, 1.82) is 0 Å². The van der Waals surface area contributed by atoms with Crippen LogP contribution in [-0.4, -0.2) is 45.3 Å². The fourth-order valence-corrected chi connectivity index (χ4v) is 7.74. The van der Waals surface area contributed by atoms with E-state index in [1.165, 1.54) is 17.0 Å². The molecular weight excluding hydrogens is 436 g/mol. The maximum Gasteiger partial charge on any atom is 0.331 e. The number of nitrogens with zero attached hydrogens (tertiary/aromatic N) is 3. The first kappa shape index (κ1) is 22.8. The number of imide groups is 2. The molecule has 4 atom stereocenters. The van der Waals surface area contributed by atoms with E-state index in [-0.39, 0.29) is 29.0 Å². The largest absolute Gasteiger partial charge is 0.363 e. The number of hydrogen-bond donors (Lipinski definition) is 1. The standard InChI is InChI=1S/C25H32N4O5/c1-22(2,3)28-20(31)25(19(30)26-21(28)32)10-14-9-15(29(33)34)7-8-17(14)27-16-11-23(4,5)13-24(6,12-16)18(25)27/h7-9,16,18H,10-13H2,1-6H3,(H,26,30,32)/t16-,18-,24-,25-/m0/s1. The second kappa shape index (κ2) is 6.58. The zero-order chi connectivity index (χ0) is 25.0. The molecule has 1 aromatic rings. The number of rotatable bonds is 1. The van der Waals surface area contributed by atoms with Gasteiger partial charge in [-0.05, 0) is 62.5 Å². The van der Waals surface area contributed by atoms with Crippen molar-refractivity contribution in [2.24, 2.45) is 16.2 Å². The van der Waals surface area contributed by atoms with Crippen LogP contribution in [0.15, 0.2) is 18.2 Å². The number of anilines is 1. The van der Waals surface area contributed by atoms with Gasteiger partial charge in [-0.3, -0.25) is 29.9 Å². The summed E-state index contributed by atoms with van der Waals surface area (Å²) in [5.74, 6) is -1.10. The van der Waals surface area contributed by atoms with Crippen LogP contribution in [0.3, 0.4) is 0 Å². The highest BCUT2D eigenvalue weighted by atomic mass is 16.6. The lowest BCUT2D eigenvalue weighted by Crippen LogP contribution is -2.75. The van der Waals surface area contributed by atoms with Crippen LogP contribution in [0.5, 0.6) is 0 Å². The fraction of sp³-hybridized carbons (Fsp3) is 0.640. The van der Waals surface area contributed by atoms with Crippen LogP contribution >= 0.6 is 0 Å².